The summed E-state index contributed by atoms with van der Waals surface area (Å²) >= 11 is 0. The summed E-state index contributed by atoms with van der Waals surface area (Å²) in [6.45, 7) is 4.01. The number of methoxy groups -OCH3 is 1. The summed E-state index contributed by atoms with van der Waals surface area (Å²) in [6.07, 6.45) is 4.79. The summed E-state index contributed by atoms with van der Waals surface area (Å²) in [5, 5.41) is 8.42. The Kier molecular flexibility index (Phi) is 4.68. The number of nitriles is 1. The number of hydrogen-bond acceptors (Lipinski definition) is 3. The van der Waals surface area contributed by atoms with Gasteiger partial charge in [0.25, 0.3) is 0 Å². The first-order chi connectivity index (χ1) is 7.81. The highest BCUT2D eigenvalue weighted by molar-refractivity contribution is 5.57. The molecule has 0 unspecified atom stereocenters. The molecular formula is C13H13NO2. The third kappa shape index (κ3) is 3.18. The van der Waals surface area contributed by atoms with Crippen molar-refractivity contribution in [1.29, 1.82) is 5.26 Å². The maximum atomic E-state index is 8.42. The average Bonchev–Trinajstić information content (AvgIpc) is 2.34. The van der Waals surface area contributed by atoms with Gasteiger partial charge in [0.1, 0.15) is 6.61 Å². The molecule has 0 N–H and O–H groups in total. The Morgan fingerprint density at radius 2 is 2.25 bits per heavy atom. The Morgan fingerprint density at radius 3 is 2.88 bits per heavy atom. The Bertz CT molecular complexity index is 430. The normalized spacial score (nSPS) is 9.75. The van der Waals surface area contributed by atoms with Crippen LogP contribution in [-0.4, -0.2) is 13.7 Å². The molecule has 0 saturated heterocycles. The Labute approximate surface area is 95.2 Å². The summed E-state index contributed by atoms with van der Waals surface area (Å²) in [5.74, 6) is 1.30. The van der Waals surface area contributed by atoms with Crippen LogP contribution in [0.1, 0.15) is 5.56 Å². The molecule has 0 bridgehead atoms. The number of ether oxygens (including phenoxy) is 2. The number of nitrogens with zero attached hydrogens (tertiary/aromatic N) is 1. The second kappa shape index (κ2) is 6.31. The Balaban J connectivity index is 2.93. The molecule has 0 spiro atoms. The quantitative estimate of drug-likeness (QED) is 0.560. The largest absolute Gasteiger partial charge is 0.493 e. The average molecular weight is 215 g/mol. The molecular weight excluding hydrogens is 202 g/mol. The summed E-state index contributed by atoms with van der Waals surface area (Å²) in [7, 11) is 1.58. The molecule has 0 saturated carbocycles. The first-order valence-electron chi connectivity index (χ1n) is 4.79. The number of allylic oxidation sites excluding steroid dienone is 1. The van der Waals surface area contributed by atoms with Crippen LogP contribution in [0, 0.1) is 11.3 Å². The van der Waals surface area contributed by atoms with Crippen LogP contribution < -0.4 is 9.47 Å². The van der Waals surface area contributed by atoms with Crippen molar-refractivity contribution in [2.24, 2.45) is 0 Å². The van der Waals surface area contributed by atoms with Crippen LogP contribution in [0.25, 0.3) is 6.08 Å². The van der Waals surface area contributed by atoms with Crippen molar-refractivity contribution < 1.29 is 9.47 Å². The van der Waals surface area contributed by atoms with E-state index in [9.17, 15) is 0 Å². The lowest BCUT2D eigenvalue weighted by Crippen LogP contribution is -1.96. The van der Waals surface area contributed by atoms with Gasteiger partial charge in [-0.25, -0.2) is 0 Å². The van der Waals surface area contributed by atoms with Crippen molar-refractivity contribution in [2.75, 3.05) is 13.7 Å². The molecule has 0 aliphatic carbocycles. The van der Waals surface area contributed by atoms with E-state index in [4.69, 9.17) is 14.7 Å². The lowest BCUT2D eigenvalue weighted by molar-refractivity contribution is 0.326. The maximum Gasteiger partial charge on any atom is 0.161 e. The van der Waals surface area contributed by atoms with Crippen LogP contribution >= 0.6 is 0 Å². The molecule has 82 valence electrons. The molecule has 0 aliphatic heterocycles. The highest BCUT2D eigenvalue weighted by Crippen LogP contribution is 2.28. The molecule has 3 heteroatoms. The van der Waals surface area contributed by atoms with Crippen LogP contribution in [0.5, 0.6) is 11.5 Å². The first kappa shape index (κ1) is 11.9. The van der Waals surface area contributed by atoms with Gasteiger partial charge in [-0.3, -0.25) is 0 Å². The maximum absolute atomic E-state index is 8.42. The molecule has 0 atom stereocenters. The number of benzene rings is 1. The molecule has 0 fully saturated rings. The number of rotatable bonds is 5. The van der Waals surface area contributed by atoms with Crippen molar-refractivity contribution >= 4 is 6.08 Å². The Hall–Kier alpha value is -2.21. The van der Waals surface area contributed by atoms with Crippen molar-refractivity contribution in [2.45, 2.75) is 0 Å². The lowest BCUT2D eigenvalue weighted by Gasteiger charge is -2.09. The van der Waals surface area contributed by atoms with E-state index in [1.54, 1.807) is 25.3 Å². The van der Waals surface area contributed by atoms with Crippen LogP contribution in [0.4, 0.5) is 0 Å². The van der Waals surface area contributed by atoms with Gasteiger partial charge in [0, 0.05) is 6.08 Å². The summed E-state index contributed by atoms with van der Waals surface area (Å²) in [6, 6.07) is 7.41. The van der Waals surface area contributed by atoms with Gasteiger partial charge in [0.05, 0.1) is 13.2 Å². The van der Waals surface area contributed by atoms with Gasteiger partial charge < -0.3 is 9.47 Å². The van der Waals surface area contributed by atoms with E-state index in [1.165, 1.54) is 6.08 Å². The zero-order valence-corrected chi connectivity index (χ0v) is 9.14. The molecule has 0 heterocycles. The molecule has 3 nitrogen and oxygen atoms in total. The van der Waals surface area contributed by atoms with Gasteiger partial charge in [-0.15, -0.1) is 0 Å². The minimum absolute atomic E-state index is 0.434. The molecule has 0 amide bonds. The fraction of sp³-hybridized carbons (Fsp3) is 0.154. The van der Waals surface area contributed by atoms with Gasteiger partial charge in [-0.05, 0) is 23.8 Å². The van der Waals surface area contributed by atoms with Gasteiger partial charge in [-0.1, -0.05) is 18.7 Å². The van der Waals surface area contributed by atoms with Crippen molar-refractivity contribution in [1.82, 2.24) is 0 Å². The van der Waals surface area contributed by atoms with Crippen LogP contribution in [0.3, 0.4) is 0 Å². The molecule has 0 radical (unpaired) electrons. The monoisotopic (exact) mass is 215 g/mol. The fourth-order valence-electron chi connectivity index (χ4n) is 1.19. The van der Waals surface area contributed by atoms with E-state index in [0.717, 1.165) is 5.56 Å². The van der Waals surface area contributed by atoms with Crippen molar-refractivity contribution in [3.05, 3.63) is 42.5 Å². The molecule has 1 aromatic carbocycles. The zero-order valence-electron chi connectivity index (χ0n) is 9.14. The van der Waals surface area contributed by atoms with E-state index < -0.39 is 0 Å². The van der Waals surface area contributed by atoms with E-state index >= 15 is 0 Å². The van der Waals surface area contributed by atoms with Crippen LogP contribution in [0.2, 0.25) is 0 Å². The van der Waals surface area contributed by atoms with Gasteiger partial charge >= 0.3 is 0 Å². The van der Waals surface area contributed by atoms with Gasteiger partial charge in [0.2, 0.25) is 0 Å². The summed E-state index contributed by atoms with van der Waals surface area (Å²) < 4.78 is 10.6. The lowest BCUT2D eigenvalue weighted by atomic mass is 10.2. The standard InChI is InChI=1S/C13H13NO2/c1-3-9-16-12-7-6-11(5-4-8-14)10-13(12)15-2/h3-7,10H,1,9H2,2H3. The second-order valence-corrected chi connectivity index (χ2v) is 2.97. The van der Waals surface area contributed by atoms with Crippen LogP contribution in [-0.2, 0) is 0 Å². The van der Waals surface area contributed by atoms with Gasteiger partial charge in [0.15, 0.2) is 11.5 Å². The zero-order chi connectivity index (χ0) is 11.8. The Morgan fingerprint density at radius 1 is 1.44 bits per heavy atom. The van der Waals surface area contributed by atoms with Crippen molar-refractivity contribution in [3.63, 3.8) is 0 Å². The van der Waals surface area contributed by atoms with Crippen molar-refractivity contribution in [3.8, 4) is 17.6 Å². The SMILES string of the molecule is C=CCOc1ccc(C=CC#N)cc1OC. The third-order valence-electron chi connectivity index (χ3n) is 1.89. The summed E-state index contributed by atoms with van der Waals surface area (Å²) in [5.41, 5.74) is 0.893. The number of hydrogen-bond donors (Lipinski definition) is 0. The minimum Gasteiger partial charge on any atom is -0.493 e. The predicted octanol–water partition coefficient (Wildman–Crippen LogP) is 2.80. The topological polar surface area (TPSA) is 42.2 Å². The van der Waals surface area contributed by atoms with Crippen LogP contribution in [0.15, 0.2) is 36.9 Å². The molecule has 1 aromatic rings. The highest BCUT2D eigenvalue weighted by Gasteiger charge is 2.03. The molecule has 16 heavy (non-hydrogen) atoms. The second-order valence-electron chi connectivity index (χ2n) is 2.97. The molecule has 0 aromatic heterocycles. The third-order valence-corrected chi connectivity index (χ3v) is 1.89. The molecule has 1 rings (SSSR count). The van der Waals surface area contributed by atoms with E-state index in [2.05, 4.69) is 6.58 Å². The smallest absolute Gasteiger partial charge is 0.161 e. The van der Waals surface area contributed by atoms with Gasteiger partial charge in [-0.2, -0.15) is 5.26 Å². The first-order valence-corrected chi connectivity index (χ1v) is 4.79. The van der Waals surface area contributed by atoms with E-state index in [0.29, 0.717) is 18.1 Å². The van der Waals surface area contributed by atoms with E-state index in [-0.39, 0.29) is 0 Å². The highest BCUT2D eigenvalue weighted by atomic mass is 16.5. The summed E-state index contributed by atoms with van der Waals surface area (Å²) in [4.78, 5) is 0. The van der Waals surface area contributed by atoms with E-state index in [1.807, 2.05) is 18.2 Å². The molecule has 0 aliphatic rings. The fourth-order valence-corrected chi connectivity index (χ4v) is 1.19. The minimum atomic E-state index is 0.434. The predicted molar refractivity (Wildman–Crippen MR) is 63.3 cm³/mol.